The maximum absolute atomic E-state index is 13.5. The van der Waals surface area contributed by atoms with E-state index in [-0.39, 0.29) is 17.9 Å². The Morgan fingerprint density at radius 3 is 2.76 bits per heavy atom. The van der Waals surface area contributed by atoms with Gasteiger partial charge in [-0.25, -0.2) is 0 Å². The van der Waals surface area contributed by atoms with Crippen LogP contribution < -0.4 is 5.32 Å². The molecule has 1 N–H and O–H groups in total. The second kappa shape index (κ2) is 7.39. The molecule has 5 rings (SSSR count). The van der Waals surface area contributed by atoms with Crippen LogP contribution in [0.4, 0.5) is 0 Å². The van der Waals surface area contributed by atoms with Crippen molar-refractivity contribution in [3.8, 4) is 0 Å². The highest BCUT2D eigenvalue weighted by molar-refractivity contribution is 6.06. The van der Waals surface area contributed by atoms with Gasteiger partial charge in [-0.3, -0.25) is 9.59 Å². The fourth-order valence-electron chi connectivity index (χ4n) is 4.81. The van der Waals surface area contributed by atoms with Gasteiger partial charge in [-0.05, 0) is 36.5 Å². The molecule has 29 heavy (non-hydrogen) atoms. The van der Waals surface area contributed by atoms with Crippen LogP contribution in [-0.4, -0.2) is 40.4 Å². The van der Waals surface area contributed by atoms with E-state index in [1.165, 1.54) is 5.56 Å². The number of amides is 2. The largest absolute Gasteiger partial charge is 0.353 e. The van der Waals surface area contributed by atoms with Gasteiger partial charge in [0.2, 0.25) is 5.91 Å². The third kappa shape index (κ3) is 3.41. The molecule has 0 bridgehead atoms. The maximum atomic E-state index is 13.5. The first-order valence-electron chi connectivity index (χ1n) is 10.4. The SMILES string of the molecule is O=C1CCC2CN(C(=O)c3cccc4ccn(Cc5ccccc5)c34)CCC2N1. The molecular formula is C24H25N3O2. The van der Waals surface area contributed by atoms with Crippen LogP contribution in [0.15, 0.2) is 60.8 Å². The highest BCUT2D eigenvalue weighted by Crippen LogP contribution is 2.28. The Kier molecular flexibility index (Phi) is 4.58. The van der Waals surface area contributed by atoms with Crippen LogP contribution >= 0.6 is 0 Å². The van der Waals surface area contributed by atoms with Crippen molar-refractivity contribution in [2.45, 2.75) is 31.8 Å². The zero-order valence-electron chi connectivity index (χ0n) is 16.4. The second-order valence-electron chi connectivity index (χ2n) is 8.19. The average molecular weight is 387 g/mol. The number of fused-ring (bicyclic) bond motifs is 2. The van der Waals surface area contributed by atoms with Crippen LogP contribution in [0.5, 0.6) is 0 Å². The Bertz CT molecular complexity index is 1060. The van der Waals surface area contributed by atoms with Crippen molar-refractivity contribution in [1.29, 1.82) is 0 Å². The van der Waals surface area contributed by atoms with Crippen molar-refractivity contribution in [1.82, 2.24) is 14.8 Å². The van der Waals surface area contributed by atoms with Gasteiger partial charge in [0, 0.05) is 43.7 Å². The highest BCUT2D eigenvalue weighted by Gasteiger charge is 2.35. The van der Waals surface area contributed by atoms with Crippen LogP contribution in [0.3, 0.4) is 0 Å². The standard InChI is InChI=1S/C24H25N3O2/c28-22-10-9-19-16-27(14-12-21(19)25-22)24(29)20-8-4-7-18-11-13-26(23(18)20)15-17-5-2-1-3-6-17/h1-8,11,13,19,21H,9-10,12,14-16H2,(H,25,28). The van der Waals surface area contributed by atoms with Crippen LogP contribution in [0.25, 0.3) is 10.9 Å². The van der Waals surface area contributed by atoms with E-state index < -0.39 is 0 Å². The zero-order chi connectivity index (χ0) is 19.8. The van der Waals surface area contributed by atoms with Gasteiger partial charge in [0.1, 0.15) is 0 Å². The number of nitrogens with one attached hydrogen (secondary N) is 1. The summed E-state index contributed by atoms with van der Waals surface area (Å²) in [5.41, 5.74) is 2.98. The summed E-state index contributed by atoms with van der Waals surface area (Å²) in [4.78, 5) is 27.1. The summed E-state index contributed by atoms with van der Waals surface area (Å²) in [5, 5.41) is 4.19. The van der Waals surface area contributed by atoms with E-state index in [1.54, 1.807) is 0 Å². The third-order valence-electron chi connectivity index (χ3n) is 6.32. The smallest absolute Gasteiger partial charge is 0.256 e. The lowest BCUT2D eigenvalue weighted by Gasteiger charge is -2.41. The number of benzene rings is 2. The number of carbonyl (C=O) groups excluding carboxylic acids is 2. The quantitative estimate of drug-likeness (QED) is 0.749. The van der Waals surface area contributed by atoms with Crippen molar-refractivity contribution < 1.29 is 9.59 Å². The number of likely N-dealkylation sites (tertiary alicyclic amines) is 1. The lowest BCUT2D eigenvalue weighted by atomic mass is 9.85. The normalized spacial score (nSPS) is 21.7. The molecule has 0 aliphatic carbocycles. The Morgan fingerprint density at radius 2 is 1.90 bits per heavy atom. The van der Waals surface area contributed by atoms with Crippen LogP contribution in [0.2, 0.25) is 0 Å². The summed E-state index contributed by atoms with van der Waals surface area (Å²) in [6.45, 7) is 2.15. The molecule has 3 aromatic rings. The molecule has 2 aliphatic heterocycles. The number of rotatable bonds is 3. The van der Waals surface area contributed by atoms with Crippen molar-refractivity contribution in [2.75, 3.05) is 13.1 Å². The fourth-order valence-corrected chi connectivity index (χ4v) is 4.81. The van der Waals surface area contributed by atoms with Crippen LogP contribution in [0.1, 0.15) is 35.2 Å². The van der Waals surface area contributed by atoms with Crippen molar-refractivity contribution >= 4 is 22.7 Å². The van der Waals surface area contributed by atoms with Gasteiger partial charge in [0.05, 0.1) is 11.1 Å². The first-order valence-corrected chi connectivity index (χ1v) is 10.4. The van der Waals surface area contributed by atoms with Gasteiger partial charge in [-0.15, -0.1) is 0 Å². The molecule has 0 saturated carbocycles. The van der Waals surface area contributed by atoms with Crippen molar-refractivity contribution in [2.24, 2.45) is 5.92 Å². The van der Waals surface area contributed by atoms with Gasteiger partial charge in [0.15, 0.2) is 0 Å². The predicted molar refractivity (Wildman–Crippen MR) is 113 cm³/mol. The van der Waals surface area contributed by atoms with Crippen molar-refractivity contribution in [3.63, 3.8) is 0 Å². The summed E-state index contributed by atoms with van der Waals surface area (Å²) in [6, 6.07) is 18.6. The summed E-state index contributed by atoms with van der Waals surface area (Å²) < 4.78 is 2.17. The number of piperidine rings is 2. The maximum Gasteiger partial charge on any atom is 0.256 e. The average Bonchev–Trinajstić information content (AvgIpc) is 3.16. The van der Waals surface area contributed by atoms with Gasteiger partial charge >= 0.3 is 0 Å². The van der Waals surface area contributed by atoms with E-state index >= 15 is 0 Å². The number of aromatic nitrogens is 1. The van der Waals surface area contributed by atoms with E-state index in [0.717, 1.165) is 42.4 Å². The number of carbonyl (C=O) groups is 2. The summed E-state index contributed by atoms with van der Waals surface area (Å²) in [6.07, 6.45) is 4.34. The molecule has 0 radical (unpaired) electrons. The molecule has 2 aromatic carbocycles. The lowest BCUT2D eigenvalue weighted by Crippen LogP contribution is -2.55. The number of nitrogens with zero attached hydrogens (tertiary/aromatic N) is 2. The Hall–Kier alpha value is -3.08. The van der Waals surface area contributed by atoms with E-state index in [4.69, 9.17) is 0 Å². The van der Waals surface area contributed by atoms with E-state index in [1.807, 2.05) is 35.2 Å². The summed E-state index contributed by atoms with van der Waals surface area (Å²) in [7, 11) is 0. The zero-order valence-corrected chi connectivity index (χ0v) is 16.4. The molecule has 2 atom stereocenters. The van der Waals surface area contributed by atoms with Gasteiger partial charge < -0.3 is 14.8 Å². The van der Waals surface area contributed by atoms with Crippen LogP contribution in [-0.2, 0) is 11.3 Å². The minimum atomic E-state index is 0.0963. The molecule has 1 aromatic heterocycles. The number of hydrogen-bond acceptors (Lipinski definition) is 2. The third-order valence-corrected chi connectivity index (χ3v) is 6.32. The first kappa shape index (κ1) is 18.0. The Labute approximate surface area is 170 Å². The lowest BCUT2D eigenvalue weighted by molar-refractivity contribution is -0.125. The van der Waals surface area contributed by atoms with E-state index in [9.17, 15) is 9.59 Å². The first-order chi connectivity index (χ1) is 14.2. The minimum absolute atomic E-state index is 0.0963. The highest BCUT2D eigenvalue weighted by atomic mass is 16.2. The van der Waals surface area contributed by atoms with Crippen LogP contribution in [0, 0.1) is 5.92 Å². The predicted octanol–water partition coefficient (Wildman–Crippen LogP) is 3.43. The monoisotopic (exact) mass is 387 g/mol. The molecule has 0 spiro atoms. The number of hydrogen-bond donors (Lipinski definition) is 1. The molecule has 2 aliphatic rings. The molecule has 5 nitrogen and oxygen atoms in total. The molecule has 2 saturated heterocycles. The Morgan fingerprint density at radius 1 is 1.03 bits per heavy atom. The Balaban J connectivity index is 1.43. The fraction of sp³-hybridized carbons (Fsp3) is 0.333. The second-order valence-corrected chi connectivity index (χ2v) is 8.19. The molecule has 2 fully saturated rings. The van der Waals surface area contributed by atoms with E-state index in [2.05, 4.69) is 40.3 Å². The minimum Gasteiger partial charge on any atom is -0.353 e. The molecule has 5 heteroatoms. The molecular weight excluding hydrogens is 362 g/mol. The molecule has 148 valence electrons. The van der Waals surface area contributed by atoms with E-state index in [0.29, 0.717) is 18.9 Å². The number of para-hydroxylation sites is 1. The van der Waals surface area contributed by atoms with Gasteiger partial charge in [-0.1, -0.05) is 42.5 Å². The summed E-state index contributed by atoms with van der Waals surface area (Å²) in [5.74, 6) is 0.606. The molecule has 2 amide bonds. The molecule has 2 unspecified atom stereocenters. The van der Waals surface area contributed by atoms with Crippen molar-refractivity contribution in [3.05, 3.63) is 71.9 Å². The topological polar surface area (TPSA) is 54.3 Å². The van der Waals surface area contributed by atoms with Gasteiger partial charge in [-0.2, -0.15) is 0 Å². The molecule has 3 heterocycles. The summed E-state index contributed by atoms with van der Waals surface area (Å²) >= 11 is 0. The van der Waals surface area contributed by atoms with Gasteiger partial charge in [0.25, 0.3) is 5.91 Å².